The second kappa shape index (κ2) is 8.68. The summed E-state index contributed by atoms with van der Waals surface area (Å²) in [5.74, 6) is 1.47. The third-order valence-corrected chi connectivity index (χ3v) is 7.28. The summed E-state index contributed by atoms with van der Waals surface area (Å²) in [5, 5.41) is 10.6. The summed E-state index contributed by atoms with van der Waals surface area (Å²) < 4.78 is 6.98. The molecule has 2 heterocycles. The van der Waals surface area contributed by atoms with Gasteiger partial charge in [0.2, 0.25) is 0 Å². The number of hydrogen-bond donors (Lipinski definition) is 1. The van der Waals surface area contributed by atoms with E-state index in [0.717, 1.165) is 46.7 Å². The monoisotopic (exact) mass is 416 g/mol. The Morgan fingerprint density at radius 1 is 1.21 bits per heavy atom. The summed E-state index contributed by atoms with van der Waals surface area (Å²) in [6.07, 6.45) is 6.22. The number of hydrogen-bond acceptors (Lipinski definition) is 6. The van der Waals surface area contributed by atoms with Gasteiger partial charge in [0.1, 0.15) is 10.6 Å². The molecule has 0 aliphatic heterocycles. The maximum absolute atomic E-state index is 13.6. The number of ether oxygens (including phenoxy) is 1. The summed E-state index contributed by atoms with van der Waals surface area (Å²) in [7, 11) is 1.63. The third kappa shape index (κ3) is 3.71. The minimum Gasteiger partial charge on any atom is -0.497 e. The fourth-order valence-electron chi connectivity index (χ4n) is 3.65. The molecule has 0 fully saturated rings. The average molecular weight is 417 g/mol. The van der Waals surface area contributed by atoms with Gasteiger partial charge in [-0.1, -0.05) is 18.2 Å². The van der Waals surface area contributed by atoms with Crippen molar-refractivity contribution in [2.45, 2.75) is 43.7 Å². The largest absolute Gasteiger partial charge is 0.497 e. The number of nitrogens with zero attached hydrogens (tertiary/aromatic N) is 2. The van der Waals surface area contributed by atoms with Crippen LogP contribution in [-0.2, 0) is 12.8 Å². The molecule has 3 aromatic rings. The van der Waals surface area contributed by atoms with Crippen molar-refractivity contribution in [1.82, 2.24) is 9.55 Å². The van der Waals surface area contributed by atoms with E-state index in [2.05, 4.69) is 0 Å². The van der Waals surface area contributed by atoms with Crippen molar-refractivity contribution in [2.24, 2.45) is 0 Å². The van der Waals surface area contributed by atoms with E-state index in [4.69, 9.17) is 14.8 Å². The van der Waals surface area contributed by atoms with Crippen molar-refractivity contribution in [2.75, 3.05) is 19.5 Å². The zero-order chi connectivity index (χ0) is 19.5. The van der Waals surface area contributed by atoms with Gasteiger partial charge in [-0.05, 0) is 61.9 Å². The van der Waals surface area contributed by atoms with E-state index in [1.54, 1.807) is 23.0 Å². The Kier molecular flexibility index (Phi) is 6.04. The van der Waals surface area contributed by atoms with Crippen molar-refractivity contribution in [3.63, 3.8) is 0 Å². The molecular formula is C21H24N2O3S2. The fourth-order valence-corrected chi connectivity index (χ4v) is 5.89. The van der Waals surface area contributed by atoms with E-state index in [1.165, 1.54) is 35.0 Å². The zero-order valence-electron chi connectivity index (χ0n) is 15.9. The predicted octanol–water partition coefficient (Wildman–Crippen LogP) is 4.20. The fraction of sp³-hybridized carbons (Fsp3) is 0.429. The van der Waals surface area contributed by atoms with Gasteiger partial charge in [-0.15, -0.1) is 11.3 Å². The molecule has 7 heteroatoms. The van der Waals surface area contributed by atoms with Crippen LogP contribution in [0.5, 0.6) is 5.75 Å². The predicted molar refractivity (Wildman–Crippen MR) is 115 cm³/mol. The molecule has 0 unspecified atom stereocenters. The summed E-state index contributed by atoms with van der Waals surface area (Å²) in [4.78, 5) is 20.7. The number of aliphatic hydroxyl groups is 1. The Balaban J connectivity index is 1.90. The van der Waals surface area contributed by atoms with Gasteiger partial charge in [-0.25, -0.2) is 4.98 Å². The van der Waals surface area contributed by atoms with Crippen molar-refractivity contribution >= 4 is 33.3 Å². The number of aryl methyl sites for hydroxylation is 2. The lowest BCUT2D eigenvalue weighted by Gasteiger charge is -2.13. The zero-order valence-corrected chi connectivity index (χ0v) is 17.6. The standard InChI is InChI=1S/C21H24N2O3S2/c1-26-15-10-8-14(9-11-15)23-20(25)18-16-6-3-2-4-7-17(16)28-19(18)22-21(23)27-13-5-12-24/h8-11,24H,2-7,12-13H2,1H3. The number of aromatic nitrogens is 2. The molecule has 0 radical (unpaired) electrons. The van der Waals surface area contributed by atoms with E-state index in [0.29, 0.717) is 11.6 Å². The second-order valence-corrected chi connectivity index (χ2v) is 9.05. The van der Waals surface area contributed by atoms with Crippen LogP contribution in [0.25, 0.3) is 15.9 Å². The van der Waals surface area contributed by atoms with Crippen LogP contribution in [0.1, 0.15) is 36.1 Å². The lowest BCUT2D eigenvalue weighted by atomic mass is 10.1. The maximum atomic E-state index is 13.6. The molecule has 28 heavy (non-hydrogen) atoms. The molecule has 5 nitrogen and oxygen atoms in total. The topological polar surface area (TPSA) is 64.3 Å². The molecule has 0 saturated heterocycles. The molecule has 1 aliphatic carbocycles. The van der Waals surface area contributed by atoms with Gasteiger partial charge < -0.3 is 9.84 Å². The van der Waals surface area contributed by atoms with Crippen LogP contribution in [-0.4, -0.2) is 34.1 Å². The molecule has 1 aromatic carbocycles. The highest BCUT2D eigenvalue weighted by molar-refractivity contribution is 7.99. The van der Waals surface area contributed by atoms with E-state index >= 15 is 0 Å². The van der Waals surface area contributed by atoms with Gasteiger partial charge in [0.25, 0.3) is 5.56 Å². The van der Waals surface area contributed by atoms with Gasteiger partial charge in [-0.3, -0.25) is 9.36 Å². The molecule has 148 valence electrons. The van der Waals surface area contributed by atoms with Crippen molar-refractivity contribution in [1.29, 1.82) is 0 Å². The van der Waals surface area contributed by atoms with E-state index in [1.807, 2.05) is 24.3 Å². The number of benzene rings is 1. The molecule has 0 bridgehead atoms. The normalized spacial score (nSPS) is 14.1. The van der Waals surface area contributed by atoms with Crippen LogP contribution in [0.4, 0.5) is 0 Å². The van der Waals surface area contributed by atoms with Gasteiger partial charge in [0.15, 0.2) is 5.16 Å². The number of aliphatic hydroxyl groups excluding tert-OH is 1. The molecular weight excluding hydrogens is 392 g/mol. The number of thioether (sulfide) groups is 1. The van der Waals surface area contributed by atoms with Gasteiger partial charge in [0.05, 0.1) is 18.2 Å². The smallest absolute Gasteiger partial charge is 0.267 e. The van der Waals surface area contributed by atoms with E-state index in [-0.39, 0.29) is 12.2 Å². The van der Waals surface area contributed by atoms with Crippen LogP contribution in [0, 0.1) is 0 Å². The Hall–Kier alpha value is -1.83. The van der Waals surface area contributed by atoms with Crippen molar-refractivity contribution in [3.8, 4) is 11.4 Å². The summed E-state index contributed by atoms with van der Waals surface area (Å²) >= 11 is 3.21. The first-order chi connectivity index (χ1) is 13.7. The van der Waals surface area contributed by atoms with Crippen LogP contribution < -0.4 is 10.3 Å². The molecule has 0 amide bonds. The molecule has 0 saturated carbocycles. The van der Waals surface area contributed by atoms with Gasteiger partial charge in [0, 0.05) is 17.2 Å². The van der Waals surface area contributed by atoms with Crippen molar-refractivity contribution in [3.05, 3.63) is 45.1 Å². The highest BCUT2D eigenvalue weighted by atomic mass is 32.2. The summed E-state index contributed by atoms with van der Waals surface area (Å²) in [5.41, 5.74) is 2.02. The SMILES string of the molecule is COc1ccc(-n2c(SCCCO)nc3sc4c(c3c2=O)CCCCC4)cc1. The molecule has 1 aliphatic rings. The maximum Gasteiger partial charge on any atom is 0.267 e. The van der Waals surface area contributed by atoms with Gasteiger partial charge >= 0.3 is 0 Å². The summed E-state index contributed by atoms with van der Waals surface area (Å²) in [6.45, 7) is 0.134. The van der Waals surface area contributed by atoms with Crippen LogP contribution >= 0.6 is 23.1 Å². The highest BCUT2D eigenvalue weighted by Gasteiger charge is 2.22. The van der Waals surface area contributed by atoms with Crippen LogP contribution in [0.2, 0.25) is 0 Å². The lowest BCUT2D eigenvalue weighted by Crippen LogP contribution is -2.22. The highest BCUT2D eigenvalue weighted by Crippen LogP contribution is 2.34. The van der Waals surface area contributed by atoms with E-state index in [9.17, 15) is 4.79 Å². The number of rotatable bonds is 6. The minimum absolute atomic E-state index is 0.0149. The summed E-state index contributed by atoms with van der Waals surface area (Å²) in [6, 6.07) is 7.52. The second-order valence-electron chi connectivity index (χ2n) is 6.90. The molecule has 1 N–H and O–H groups in total. The molecule has 2 aromatic heterocycles. The first kappa shape index (κ1) is 19.5. The molecule has 0 atom stereocenters. The average Bonchev–Trinajstić information content (AvgIpc) is 2.90. The number of thiophene rings is 1. The number of fused-ring (bicyclic) bond motifs is 3. The van der Waals surface area contributed by atoms with Gasteiger partial charge in [-0.2, -0.15) is 0 Å². The molecule has 0 spiro atoms. The van der Waals surface area contributed by atoms with Crippen molar-refractivity contribution < 1.29 is 9.84 Å². The first-order valence-electron chi connectivity index (χ1n) is 9.68. The Bertz CT molecular complexity index is 1020. The lowest BCUT2D eigenvalue weighted by molar-refractivity contribution is 0.296. The van der Waals surface area contributed by atoms with Crippen LogP contribution in [0.15, 0.2) is 34.2 Å². The Labute approximate surface area is 172 Å². The minimum atomic E-state index is 0.0149. The quantitative estimate of drug-likeness (QED) is 0.282. The number of methoxy groups -OCH3 is 1. The Morgan fingerprint density at radius 2 is 2.00 bits per heavy atom. The first-order valence-corrected chi connectivity index (χ1v) is 11.5. The van der Waals surface area contributed by atoms with E-state index < -0.39 is 0 Å². The molecule has 4 rings (SSSR count). The third-order valence-electron chi connectivity index (χ3n) is 5.07. The van der Waals surface area contributed by atoms with Crippen LogP contribution in [0.3, 0.4) is 0 Å². The Morgan fingerprint density at radius 3 is 2.75 bits per heavy atom.